The zero-order chi connectivity index (χ0) is 17.2. The molecule has 0 aliphatic carbocycles. The third-order valence-corrected chi connectivity index (χ3v) is 3.59. The van der Waals surface area contributed by atoms with Gasteiger partial charge in [-0.25, -0.2) is 0 Å². The van der Waals surface area contributed by atoms with E-state index in [0.29, 0.717) is 32.0 Å². The summed E-state index contributed by atoms with van der Waals surface area (Å²) in [5, 5.41) is 2.86. The molecule has 0 bridgehead atoms. The summed E-state index contributed by atoms with van der Waals surface area (Å²) in [7, 11) is 1.64. The lowest BCUT2D eigenvalue weighted by Gasteiger charge is -2.22. The molecule has 0 spiro atoms. The first kappa shape index (κ1) is 19.0. The quantitative estimate of drug-likeness (QED) is 0.759. The van der Waals surface area contributed by atoms with Gasteiger partial charge in [-0.15, -0.1) is 0 Å². The van der Waals surface area contributed by atoms with Crippen molar-refractivity contribution in [2.75, 3.05) is 26.7 Å². The molecule has 0 saturated carbocycles. The van der Waals surface area contributed by atoms with Crippen LogP contribution in [0.1, 0.15) is 32.8 Å². The Balaban J connectivity index is 2.46. The number of methoxy groups -OCH3 is 1. The molecule has 0 radical (unpaired) electrons. The molecule has 128 valence electrons. The highest BCUT2D eigenvalue weighted by Gasteiger charge is 2.11. The van der Waals surface area contributed by atoms with Crippen molar-refractivity contribution in [3.63, 3.8) is 0 Å². The SMILES string of the molecule is COc1ccccc1CCN(CCNC(=O)CC(C)C)C(C)=O. The monoisotopic (exact) mass is 320 g/mol. The Bertz CT molecular complexity index is 515. The van der Waals surface area contributed by atoms with Gasteiger partial charge in [0, 0.05) is 33.0 Å². The number of hydrogen-bond donors (Lipinski definition) is 1. The summed E-state index contributed by atoms with van der Waals surface area (Å²) in [6, 6.07) is 7.80. The molecule has 5 heteroatoms. The van der Waals surface area contributed by atoms with E-state index in [2.05, 4.69) is 5.32 Å². The summed E-state index contributed by atoms with van der Waals surface area (Å²) < 4.78 is 5.33. The van der Waals surface area contributed by atoms with E-state index in [9.17, 15) is 9.59 Å². The largest absolute Gasteiger partial charge is 0.496 e. The maximum absolute atomic E-state index is 11.8. The van der Waals surface area contributed by atoms with E-state index in [1.807, 2.05) is 38.1 Å². The van der Waals surface area contributed by atoms with Gasteiger partial charge >= 0.3 is 0 Å². The summed E-state index contributed by atoms with van der Waals surface area (Å²) in [6.45, 7) is 7.18. The maximum Gasteiger partial charge on any atom is 0.220 e. The summed E-state index contributed by atoms with van der Waals surface area (Å²) in [4.78, 5) is 25.1. The van der Waals surface area contributed by atoms with Gasteiger partial charge in [-0.1, -0.05) is 32.0 Å². The van der Waals surface area contributed by atoms with Crippen LogP contribution in [-0.4, -0.2) is 43.5 Å². The molecule has 0 unspecified atom stereocenters. The minimum absolute atomic E-state index is 0.0120. The molecule has 0 fully saturated rings. The minimum Gasteiger partial charge on any atom is -0.496 e. The van der Waals surface area contributed by atoms with E-state index < -0.39 is 0 Å². The minimum atomic E-state index is 0.0120. The molecular weight excluding hydrogens is 292 g/mol. The van der Waals surface area contributed by atoms with Crippen LogP contribution < -0.4 is 10.1 Å². The molecule has 1 rings (SSSR count). The van der Waals surface area contributed by atoms with Gasteiger partial charge in [-0.2, -0.15) is 0 Å². The Hall–Kier alpha value is -2.04. The van der Waals surface area contributed by atoms with Crippen LogP contribution in [0.15, 0.2) is 24.3 Å². The van der Waals surface area contributed by atoms with Gasteiger partial charge in [0.25, 0.3) is 0 Å². The Morgan fingerprint density at radius 1 is 1.22 bits per heavy atom. The molecule has 0 aliphatic heterocycles. The standard InChI is InChI=1S/C18H28N2O3/c1-14(2)13-18(22)19-10-12-20(15(3)21)11-9-16-7-5-6-8-17(16)23-4/h5-8,14H,9-13H2,1-4H3,(H,19,22). The van der Waals surface area contributed by atoms with Crippen molar-refractivity contribution in [2.24, 2.45) is 5.92 Å². The van der Waals surface area contributed by atoms with Gasteiger partial charge in [0.1, 0.15) is 5.75 Å². The average molecular weight is 320 g/mol. The zero-order valence-electron chi connectivity index (χ0n) is 14.6. The first-order valence-corrected chi connectivity index (χ1v) is 8.08. The van der Waals surface area contributed by atoms with Crippen LogP contribution in [0.25, 0.3) is 0 Å². The van der Waals surface area contributed by atoms with E-state index in [0.717, 1.165) is 17.7 Å². The van der Waals surface area contributed by atoms with Gasteiger partial charge in [0.15, 0.2) is 0 Å². The number of ether oxygens (including phenoxy) is 1. The number of benzene rings is 1. The van der Waals surface area contributed by atoms with Crippen LogP contribution in [0.5, 0.6) is 5.75 Å². The normalized spacial score (nSPS) is 10.5. The van der Waals surface area contributed by atoms with Gasteiger partial charge < -0.3 is 15.0 Å². The second-order valence-electron chi connectivity index (χ2n) is 6.02. The summed E-state index contributed by atoms with van der Waals surface area (Å²) in [5.74, 6) is 1.22. The lowest BCUT2D eigenvalue weighted by atomic mass is 10.1. The van der Waals surface area contributed by atoms with Crippen LogP contribution in [-0.2, 0) is 16.0 Å². The molecular formula is C18H28N2O3. The van der Waals surface area contributed by atoms with E-state index in [4.69, 9.17) is 4.74 Å². The fourth-order valence-electron chi connectivity index (χ4n) is 2.36. The molecule has 0 atom stereocenters. The highest BCUT2D eigenvalue weighted by molar-refractivity contribution is 5.76. The molecule has 1 aromatic rings. The molecule has 1 aromatic carbocycles. The molecule has 0 aliphatic rings. The number of nitrogens with one attached hydrogen (secondary N) is 1. The first-order valence-electron chi connectivity index (χ1n) is 8.08. The summed E-state index contributed by atoms with van der Waals surface area (Å²) in [5.41, 5.74) is 1.07. The second-order valence-corrected chi connectivity index (χ2v) is 6.02. The Kier molecular flexibility index (Phi) is 8.16. The van der Waals surface area contributed by atoms with Crippen molar-refractivity contribution < 1.29 is 14.3 Å². The van der Waals surface area contributed by atoms with Crippen molar-refractivity contribution >= 4 is 11.8 Å². The summed E-state index contributed by atoms with van der Waals surface area (Å²) in [6.07, 6.45) is 1.24. The van der Waals surface area contributed by atoms with Gasteiger partial charge in [0.2, 0.25) is 11.8 Å². The topological polar surface area (TPSA) is 58.6 Å². The highest BCUT2D eigenvalue weighted by Crippen LogP contribution is 2.17. The third kappa shape index (κ3) is 7.17. The smallest absolute Gasteiger partial charge is 0.220 e. The second kappa shape index (κ2) is 9.87. The zero-order valence-corrected chi connectivity index (χ0v) is 14.6. The number of para-hydroxylation sites is 1. The summed E-state index contributed by atoms with van der Waals surface area (Å²) >= 11 is 0. The molecule has 2 amide bonds. The Morgan fingerprint density at radius 2 is 1.91 bits per heavy atom. The number of carbonyl (C=O) groups excluding carboxylic acids is 2. The van der Waals surface area contributed by atoms with Crippen molar-refractivity contribution in [3.8, 4) is 5.75 Å². The fourth-order valence-corrected chi connectivity index (χ4v) is 2.36. The van der Waals surface area contributed by atoms with Crippen molar-refractivity contribution in [1.29, 1.82) is 0 Å². The molecule has 23 heavy (non-hydrogen) atoms. The van der Waals surface area contributed by atoms with Crippen LogP contribution >= 0.6 is 0 Å². The fraction of sp³-hybridized carbons (Fsp3) is 0.556. The number of nitrogens with zero attached hydrogens (tertiary/aromatic N) is 1. The number of amides is 2. The maximum atomic E-state index is 11.8. The van der Waals surface area contributed by atoms with E-state index in [1.165, 1.54) is 0 Å². The first-order chi connectivity index (χ1) is 10.9. The molecule has 0 saturated heterocycles. The molecule has 5 nitrogen and oxygen atoms in total. The lowest BCUT2D eigenvalue weighted by Crippen LogP contribution is -2.38. The average Bonchev–Trinajstić information content (AvgIpc) is 2.49. The predicted molar refractivity (Wildman–Crippen MR) is 91.4 cm³/mol. The number of hydrogen-bond acceptors (Lipinski definition) is 3. The van der Waals surface area contributed by atoms with Crippen LogP contribution in [0, 0.1) is 5.92 Å². The van der Waals surface area contributed by atoms with Crippen LogP contribution in [0.3, 0.4) is 0 Å². The van der Waals surface area contributed by atoms with Crippen molar-refractivity contribution in [3.05, 3.63) is 29.8 Å². The van der Waals surface area contributed by atoms with Crippen LogP contribution in [0.2, 0.25) is 0 Å². The van der Waals surface area contributed by atoms with E-state index in [1.54, 1.807) is 18.9 Å². The Morgan fingerprint density at radius 3 is 2.52 bits per heavy atom. The van der Waals surface area contributed by atoms with Gasteiger partial charge in [0.05, 0.1) is 7.11 Å². The molecule has 0 heterocycles. The van der Waals surface area contributed by atoms with Crippen molar-refractivity contribution in [1.82, 2.24) is 10.2 Å². The predicted octanol–water partition coefficient (Wildman–Crippen LogP) is 2.25. The highest BCUT2D eigenvalue weighted by atomic mass is 16.5. The Labute approximate surface area is 139 Å². The third-order valence-electron chi connectivity index (χ3n) is 3.59. The van der Waals surface area contributed by atoms with Crippen LogP contribution in [0.4, 0.5) is 0 Å². The van der Waals surface area contributed by atoms with Gasteiger partial charge in [-0.3, -0.25) is 9.59 Å². The number of rotatable bonds is 9. The van der Waals surface area contributed by atoms with E-state index >= 15 is 0 Å². The van der Waals surface area contributed by atoms with E-state index in [-0.39, 0.29) is 11.8 Å². The lowest BCUT2D eigenvalue weighted by molar-refractivity contribution is -0.129. The molecule has 1 N–H and O–H groups in total. The van der Waals surface area contributed by atoms with Gasteiger partial charge in [-0.05, 0) is 24.0 Å². The molecule has 0 aromatic heterocycles. The number of carbonyl (C=O) groups is 2. The van der Waals surface area contributed by atoms with Crippen molar-refractivity contribution in [2.45, 2.75) is 33.6 Å².